The van der Waals surface area contributed by atoms with Gasteiger partial charge in [0.25, 0.3) is 0 Å². The molecule has 0 amide bonds. The van der Waals surface area contributed by atoms with Crippen LogP contribution >= 0.6 is 11.8 Å². The van der Waals surface area contributed by atoms with E-state index in [0.717, 1.165) is 16.3 Å². The van der Waals surface area contributed by atoms with Crippen molar-refractivity contribution in [3.63, 3.8) is 0 Å². The second-order valence-electron chi connectivity index (χ2n) is 4.30. The van der Waals surface area contributed by atoms with Gasteiger partial charge in [-0.05, 0) is 18.1 Å². The third kappa shape index (κ3) is 3.31. The maximum atomic E-state index is 6.24. The lowest BCUT2D eigenvalue weighted by atomic mass is 10.1. The van der Waals surface area contributed by atoms with E-state index in [0.29, 0.717) is 0 Å². The largest absolute Gasteiger partial charge is 0.323 e. The summed E-state index contributed by atoms with van der Waals surface area (Å²) >= 11 is 1.61. The second-order valence-corrected chi connectivity index (χ2v) is 5.65. The van der Waals surface area contributed by atoms with Crippen LogP contribution in [0, 0.1) is 6.92 Å². The Kier molecular flexibility index (Phi) is 4.33. The summed E-state index contributed by atoms with van der Waals surface area (Å²) in [5, 5.41) is 1.01. The Morgan fingerprint density at radius 2 is 1.72 bits per heavy atom. The maximum Gasteiger partial charge on any atom is 0.187 e. The number of thioether (sulfide) groups is 1. The van der Waals surface area contributed by atoms with E-state index in [1.54, 1.807) is 11.8 Å². The van der Waals surface area contributed by atoms with E-state index in [9.17, 15) is 0 Å². The lowest BCUT2D eigenvalue weighted by Gasteiger charge is -2.18. The molecule has 2 rings (SSSR count). The first-order valence-corrected chi connectivity index (χ1v) is 6.80. The van der Waals surface area contributed by atoms with Crippen LogP contribution in [-0.4, -0.2) is 15.2 Å². The molecule has 2 unspecified atom stereocenters. The molecule has 0 aliphatic rings. The van der Waals surface area contributed by atoms with Gasteiger partial charge in [0.15, 0.2) is 5.16 Å². The first kappa shape index (κ1) is 13.1. The molecule has 2 N–H and O–H groups in total. The fourth-order valence-electron chi connectivity index (χ4n) is 1.63. The molecule has 0 saturated carbocycles. The van der Waals surface area contributed by atoms with Crippen molar-refractivity contribution in [3.05, 3.63) is 53.9 Å². The van der Waals surface area contributed by atoms with Gasteiger partial charge in [0.05, 0.1) is 0 Å². The Balaban J connectivity index is 2.03. The van der Waals surface area contributed by atoms with Crippen molar-refractivity contribution >= 4 is 11.8 Å². The van der Waals surface area contributed by atoms with Crippen LogP contribution in [0.1, 0.15) is 24.1 Å². The summed E-state index contributed by atoms with van der Waals surface area (Å²) < 4.78 is 0. The molecule has 4 heteroatoms. The number of rotatable bonds is 4. The molecule has 1 heterocycles. The number of aromatic nitrogens is 2. The van der Waals surface area contributed by atoms with E-state index < -0.39 is 0 Å². The van der Waals surface area contributed by atoms with Gasteiger partial charge in [-0.15, -0.1) is 0 Å². The molecule has 2 aromatic rings. The zero-order valence-electron chi connectivity index (χ0n) is 10.6. The number of hydrogen-bond acceptors (Lipinski definition) is 4. The highest BCUT2D eigenvalue weighted by atomic mass is 32.2. The molecule has 0 fully saturated rings. The molecule has 0 aliphatic heterocycles. The third-order valence-corrected chi connectivity index (χ3v) is 3.83. The number of benzene rings is 1. The maximum absolute atomic E-state index is 6.24. The van der Waals surface area contributed by atoms with Crippen LogP contribution in [0.15, 0.2) is 47.9 Å². The fraction of sp³-hybridized carbons (Fsp3) is 0.286. The minimum Gasteiger partial charge on any atom is -0.323 e. The van der Waals surface area contributed by atoms with Gasteiger partial charge in [-0.25, -0.2) is 9.97 Å². The lowest BCUT2D eigenvalue weighted by Crippen LogP contribution is -2.21. The molecule has 0 bridgehead atoms. The third-order valence-electron chi connectivity index (χ3n) is 2.74. The van der Waals surface area contributed by atoms with Crippen LogP contribution in [0.25, 0.3) is 0 Å². The summed E-state index contributed by atoms with van der Waals surface area (Å²) in [6, 6.07) is 10.1. The average Bonchev–Trinajstić information content (AvgIpc) is 2.41. The molecule has 1 aromatic heterocycles. The van der Waals surface area contributed by atoms with E-state index in [2.05, 4.69) is 29.0 Å². The predicted molar refractivity (Wildman–Crippen MR) is 75.5 cm³/mol. The highest BCUT2D eigenvalue weighted by Crippen LogP contribution is 2.28. The highest BCUT2D eigenvalue weighted by molar-refractivity contribution is 7.99. The van der Waals surface area contributed by atoms with Crippen LogP contribution in [0.5, 0.6) is 0 Å². The zero-order valence-corrected chi connectivity index (χ0v) is 11.4. The van der Waals surface area contributed by atoms with Crippen molar-refractivity contribution in [1.29, 1.82) is 0 Å². The van der Waals surface area contributed by atoms with Crippen molar-refractivity contribution < 1.29 is 0 Å². The van der Waals surface area contributed by atoms with Crippen molar-refractivity contribution in [2.75, 3.05) is 0 Å². The van der Waals surface area contributed by atoms with E-state index >= 15 is 0 Å². The Hall–Kier alpha value is -1.39. The molecule has 0 spiro atoms. The number of nitrogens with zero attached hydrogens (tertiary/aromatic N) is 2. The van der Waals surface area contributed by atoms with Gasteiger partial charge in [0.1, 0.15) is 0 Å². The second kappa shape index (κ2) is 5.98. The SMILES string of the molecule is Cc1cnc(SC(C)C(N)c2ccccc2)nc1. The molecule has 1 aromatic carbocycles. The first-order valence-electron chi connectivity index (χ1n) is 5.92. The van der Waals surface area contributed by atoms with Crippen LogP contribution in [0.4, 0.5) is 0 Å². The lowest BCUT2D eigenvalue weighted by molar-refractivity contribution is 0.711. The summed E-state index contributed by atoms with van der Waals surface area (Å²) in [5.74, 6) is 0. The number of hydrogen-bond donors (Lipinski definition) is 1. The smallest absolute Gasteiger partial charge is 0.187 e. The van der Waals surface area contributed by atoms with Gasteiger partial charge in [-0.3, -0.25) is 0 Å². The average molecular weight is 259 g/mol. The summed E-state index contributed by atoms with van der Waals surface area (Å²) in [4.78, 5) is 8.58. The Morgan fingerprint density at radius 3 is 2.33 bits per heavy atom. The van der Waals surface area contributed by atoms with Gasteiger partial charge in [-0.1, -0.05) is 49.0 Å². The number of nitrogens with two attached hydrogens (primary N) is 1. The van der Waals surface area contributed by atoms with Crippen molar-refractivity contribution in [3.8, 4) is 0 Å². The topological polar surface area (TPSA) is 51.8 Å². The highest BCUT2D eigenvalue weighted by Gasteiger charge is 2.16. The molecular formula is C14H17N3S. The van der Waals surface area contributed by atoms with Gasteiger partial charge >= 0.3 is 0 Å². The quantitative estimate of drug-likeness (QED) is 0.677. The number of aryl methyl sites for hydroxylation is 1. The van der Waals surface area contributed by atoms with Crippen LogP contribution in [-0.2, 0) is 0 Å². The molecular weight excluding hydrogens is 242 g/mol. The summed E-state index contributed by atoms with van der Waals surface area (Å²) in [6.07, 6.45) is 3.66. The predicted octanol–water partition coefficient (Wildman–Crippen LogP) is 2.97. The Bertz CT molecular complexity index is 484. The summed E-state index contributed by atoms with van der Waals surface area (Å²) in [5.41, 5.74) is 8.45. The minimum absolute atomic E-state index is 0.0129. The van der Waals surface area contributed by atoms with Crippen molar-refractivity contribution in [2.45, 2.75) is 30.3 Å². The molecule has 3 nitrogen and oxygen atoms in total. The van der Waals surface area contributed by atoms with Crippen molar-refractivity contribution in [2.24, 2.45) is 5.73 Å². The van der Waals surface area contributed by atoms with Crippen LogP contribution in [0.3, 0.4) is 0 Å². The molecule has 18 heavy (non-hydrogen) atoms. The fourth-order valence-corrected chi connectivity index (χ4v) is 2.49. The minimum atomic E-state index is -0.0129. The van der Waals surface area contributed by atoms with Gasteiger partial charge < -0.3 is 5.73 Å². The van der Waals surface area contributed by atoms with E-state index in [-0.39, 0.29) is 11.3 Å². The molecule has 94 valence electrons. The molecule has 0 saturated heterocycles. The standard InChI is InChI=1S/C14H17N3S/c1-10-8-16-14(17-9-10)18-11(2)13(15)12-6-4-3-5-7-12/h3-9,11,13H,15H2,1-2H3. The first-order chi connectivity index (χ1) is 8.66. The Morgan fingerprint density at radius 1 is 1.11 bits per heavy atom. The van der Waals surface area contributed by atoms with E-state index in [1.807, 2.05) is 37.5 Å². The summed E-state index contributed by atoms with van der Waals surface area (Å²) in [7, 11) is 0. The van der Waals surface area contributed by atoms with Crippen LogP contribution < -0.4 is 5.73 Å². The van der Waals surface area contributed by atoms with Gasteiger partial charge in [0.2, 0.25) is 0 Å². The van der Waals surface area contributed by atoms with Gasteiger partial charge in [0, 0.05) is 23.7 Å². The van der Waals surface area contributed by atoms with E-state index in [1.165, 1.54) is 0 Å². The zero-order chi connectivity index (χ0) is 13.0. The van der Waals surface area contributed by atoms with Gasteiger partial charge in [-0.2, -0.15) is 0 Å². The molecule has 0 radical (unpaired) electrons. The Labute approximate surface area is 112 Å². The monoisotopic (exact) mass is 259 g/mol. The van der Waals surface area contributed by atoms with Crippen molar-refractivity contribution in [1.82, 2.24) is 9.97 Å². The summed E-state index contributed by atoms with van der Waals surface area (Å²) in [6.45, 7) is 4.08. The molecule has 2 atom stereocenters. The van der Waals surface area contributed by atoms with E-state index in [4.69, 9.17) is 5.73 Å². The molecule has 0 aliphatic carbocycles. The van der Waals surface area contributed by atoms with Crippen LogP contribution in [0.2, 0.25) is 0 Å². The normalized spacial score (nSPS) is 14.2.